The van der Waals surface area contributed by atoms with Crippen LogP contribution >= 0.6 is 0 Å². The number of fused-ring (bicyclic) bond motifs is 1. The summed E-state index contributed by atoms with van der Waals surface area (Å²) in [5.41, 5.74) is 6.01. The number of carbonyl (C=O) groups is 1. The Hall–Kier alpha value is -2.76. The number of pyridine rings is 1. The smallest absolute Gasteiger partial charge is 0.270 e. The quantitative estimate of drug-likeness (QED) is 0.667. The Morgan fingerprint density at radius 2 is 1.94 bits per heavy atom. The Morgan fingerprint density at radius 3 is 2.56 bits per heavy atom. The van der Waals surface area contributed by atoms with Gasteiger partial charge in [-0.3, -0.25) is 9.78 Å². The predicted octanol–water partition coefficient (Wildman–Crippen LogP) is 1.14. The van der Waals surface area contributed by atoms with Gasteiger partial charge in [0.15, 0.2) is 5.69 Å². The number of hydrogen-bond donors (Lipinski definition) is 2. The molecule has 0 aliphatic carbocycles. The molecule has 0 spiro atoms. The first-order valence-electron chi connectivity index (χ1n) is 5.22. The third kappa shape index (κ3) is 2.88. The second kappa shape index (κ2) is 5.53. The van der Waals surface area contributed by atoms with Gasteiger partial charge in [0.25, 0.3) is 5.91 Å². The zero-order valence-electron chi connectivity index (χ0n) is 9.45. The SMILES string of the molecule is NC(=O)c1cn[nH]n1.c1ccc2ncccc2c1. The zero-order valence-corrected chi connectivity index (χ0v) is 9.45. The molecule has 0 bridgehead atoms. The van der Waals surface area contributed by atoms with E-state index in [-0.39, 0.29) is 5.69 Å². The molecule has 0 saturated heterocycles. The largest absolute Gasteiger partial charge is 0.364 e. The molecule has 0 radical (unpaired) electrons. The van der Waals surface area contributed by atoms with Gasteiger partial charge < -0.3 is 5.73 Å². The van der Waals surface area contributed by atoms with Crippen molar-refractivity contribution < 1.29 is 4.79 Å². The number of carbonyl (C=O) groups excluding carboxylic acids is 1. The molecule has 2 aromatic heterocycles. The molecule has 3 rings (SSSR count). The van der Waals surface area contributed by atoms with Crippen LogP contribution in [-0.4, -0.2) is 26.3 Å². The Morgan fingerprint density at radius 1 is 1.17 bits per heavy atom. The minimum absolute atomic E-state index is 0.157. The van der Waals surface area contributed by atoms with E-state index >= 15 is 0 Å². The maximum absolute atomic E-state index is 10.2. The monoisotopic (exact) mass is 241 g/mol. The maximum Gasteiger partial charge on any atom is 0.270 e. The third-order valence-corrected chi connectivity index (χ3v) is 2.18. The van der Waals surface area contributed by atoms with Gasteiger partial charge in [0.05, 0.1) is 11.7 Å². The van der Waals surface area contributed by atoms with Crippen LogP contribution in [-0.2, 0) is 0 Å². The second-order valence-electron chi connectivity index (χ2n) is 3.42. The van der Waals surface area contributed by atoms with Crippen molar-refractivity contribution in [2.75, 3.05) is 0 Å². The molecule has 6 nitrogen and oxygen atoms in total. The Balaban J connectivity index is 0.000000138. The standard InChI is InChI=1S/C9H7N.C3H4N4O/c1-2-6-9-8(4-1)5-3-7-10-9;4-3(8)2-1-5-7-6-2/h1-7H;1H,(H2,4,8)(H,5,6,7). The lowest BCUT2D eigenvalue weighted by atomic mass is 10.2. The molecule has 0 fully saturated rings. The fourth-order valence-corrected chi connectivity index (χ4v) is 1.34. The number of para-hydroxylation sites is 1. The number of nitrogens with two attached hydrogens (primary N) is 1. The highest BCUT2D eigenvalue weighted by Crippen LogP contribution is 2.07. The van der Waals surface area contributed by atoms with Crippen LogP contribution in [0, 0.1) is 0 Å². The Labute approximate surface area is 103 Å². The van der Waals surface area contributed by atoms with E-state index < -0.39 is 5.91 Å². The lowest BCUT2D eigenvalue weighted by molar-refractivity contribution is 0.0995. The number of H-pyrrole nitrogens is 1. The number of benzene rings is 1. The van der Waals surface area contributed by atoms with Crippen LogP contribution in [0.5, 0.6) is 0 Å². The Bertz CT molecular complexity index is 570. The Kier molecular flexibility index (Phi) is 3.60. The van der Waals surface area contributed by atoms with E-state index in [2.05, 4.69) is 32.5 Å². The number of nitrogens with zero attached hydrogens (tertiary/aromatic N) is 3. The molecule has 6 heteroatoms. The van der Waals surface area contributed by atoms with Gasteiger partial charge in [-0.2, -0.15) is 15.4 Å². The molecular weight excluding hydrogens is 230 g/mol. The van der Waals surface area contributed by atoms with Crippen LogP contribution in [0.2, 0.25) is 0 Å². The van der Waals surface area contributed by atoms with Crippen molar-refractivity contribution in [3.63, 3.8) is 0 Å². The van der Waals surface area contributed by atoms with E-state index in [9.17, 15) is 4.79 Å². The molecule has 0 saturated carbocycles. The van der Waals surface area contributed by atoms with Crippen LogP contribution in [0.4, 0.5) is 0 Å². The lowest BCUT2D eigenvalue weighted by Gasteiger charge is -1.91. The van der Waals surface area contributed by atoms with Gasteiger partial charge in [-0.05, 0) is 12.1 Å². The topological polar surface area (TPSA) is 97.6 Å². The summed E-state index contributed by atoms with van der Waals surface area (Å²) in [6, 6.07) is 12.1. The van der Waals surface area contributed by atoms with Crippen LogP contribution in [0.25, 0.3) is 10.9 Å². The molecule has 90 valence electrons. The summed E-state index contributed by atoms with van der Waals surface area (Å²) in [7, 11) is 0. The van der Waals surface area contributed by atoms with Crippen molar-refractivity contribution in [1.82, 2.24) is 20.4 Å². The minimum Gasteiger partial charge on any atom is -0.364 e. The molecule has 2 heterocycles. The van der Waals surface area contributed by atoms with Gasteiger partial charge in [-0.15, -0.1) is 0 Å². The number of aromatic nitrogens is 4. The number of amides is 1. The molecule has 18 heavy (non-hydrogen) atoms. The van der Waals surface area contributed by atoms with E-state index in [0.29, 0.717) is 0 Å². The molecule has 3 N–H and O–H groups in total. The van der Waals surface area contributed by atoms with E-state index in [0.717, 1.165) is 5.52 Å². The van der Waals surface area contributed by atoms with Gasteiger partial charge in [0.2, 0.25) is 0 Å². The number of aromatic amines is 1. The molecule has 0 aliphatic rings. The van der Waals surface area contributed by atoms with Gasteiger partial charge in [0.1, 0.15) is 0 Å². The number of rotatable bonds is 1. The van der Waals surface area contributed by atoms with Crippen LogP contribution in [0.15, 0.2) is 48.8 Å². The summed E-state index contributed by atoms with van der Waals surface area (Å²) >= 11 is 0. The van der Waals surface area contributed by atoms with E-state index in [1.54, 1.807) is 0 Å². The average molecular weight is 241 g/mol. The zero-order chi connectivity index (χ0) is 12.8. The fourth-order valence-electron chi connectivity index (χ4n) is 1.34. The fraction of sp³-hybridized carbons (Fsp3) is 0. The van der Waals surface area contributed by atoms with Crippen LogP contribution in [0.1, 0.15) is 10.5 Å². The molecule has 1 amide bonds. The lowest BCUT2D eigenvalue weighted by Crippen LogP contribution is -2.10. The predicted molar refractivity (Wildman–Crippen MR) is 66.6 cm³/mol. The van der Waals surface area contributed by atoms with E-state index in [1.165, 1.54) is 11.6 Å². The summed E-state index contributed by atoms with van der Waals surface area (Å²) in [6.45, 7) is 0. The van der Waals surface area contributed by atoms with E-state index in [1.807, 2.05) is 30.5 Å². The number of hydrogen-bond acceptors (Lipinski definition) is 4. The molecule has 0 aliphatic heterocycles. The van der Waals surface area contributed by atoms with Crippen molar-refractivity contribution in [3.05, 3.63) is 54.5 Å². The highest BCUT2D eigenvalue weighted by molar-refractivity contribution is 5.90. The molecular formula is C12H11N5O. The first-order valence-corrected chi connectivity index (χ1v) is 5.22. The van der Waals surface area contributed by atoms with Crippen LogP contribution in [0.3, 0.4) is 0 Å². The summed E-state index contributed by atoms with van der Waals surface area (Å²) in [6.07, 6.45) is 3.07. The molecule has 1 aromatic carbocycles. The molecule has 0 atom stereocenters. The second-order valence-corrected chi connectivity index (χ2v) is 3.42. The van der Waals surface area contributed by atoms with Crippen molar-refractivity contribution in [1.29, 1.82) is 0 Å². The number of primary amides is 1. The van der Waals surface area contributed by atoms with Gasteiger partial charge in [-0.25, -0.2) is 0 Å². The molecule has 3 aromatic rings. The molecule has 0 unspecified atom stereocenters. The summed E-state index contributed by atoms with van der Waals surface area (Å²) in [4.78, 5) is 14.3. The summed E-state index contributed by atoms with van der Waals surface area (Å²) in [5.74, 6) is -0.571. The van der Waals surface area contributed by atoms with Crippen molar-refractivity contribution >= 4 is 16.8 Å². The number of nitrogens with one attached hydrogen (secondary N) is 1. The van der Waals surface area contributed by atoms with Crippen molar-refractivity contribution in [2.45, 2.75) is 0 Å². The maximum atomic E-state index is 10.2. The van der Waals surface area contributed by atoms with Crippen molar-refractivity contribution in [2.24, 2.45) is 5.73 Å². The highest BCUT2D eigenvalue weighted by atomic mass is 16.1. The minimum atomic E-state index is -0.571. The van der Waals surface area contributed by atoms with Crippen LogP contribution < -0.4 is 5.73 Å². The van der Waals surface area contributed by atoms with Gasteiger partial charge in [0, 0.05) is 11.6 Å². The van der Waals surface area contributed by atoms with E-state index in [4.69, 9.17) is 5.73 Å². The van der Waals surface area contributed by atoms with Gasteiger partial charge >= 0.3 is 0 Å². The third-order valence-electron chi connectivity index (χ3n) is 2.18. The summed E-state index contributed by atoms with van der Waals surface area (Å²) < 4.78 is 0. The first-order chi connectivity index (χ1) is 8.77. The summed E-state index contributed by atoms with van der Waals surface area (Å²) in [5, 5.41) is 10.2. The highest BCUT2D eigenvalue weighted by Gasteiger charge is 1.99. The van der Waals surface area contributed by atoms with Gasteiger partial charge in [-0.1, -0.05) is 24.3 Å². The van der Waals surface area contributed by atoms with Crippen molar-refractivity contribution in [3.8, 4) is 0 Å². The first kappa shape index (κ1) is 11.7. The normalized spacial score (nSPS) is 9.56. The average Bonchev–Trinajstić information content (AvgIpc) is 2.94.